The molecule has 0 atom stereocenters. The van der Waals surface area contributed by atoms with Crippen molar-refractivity contribution in [3.05, 3.63) is 11.1 Å². The molecule has 0 heterocycles. The van der Waals surface area contributed by atoms with Crippen molar-refractivity contribution in [3.8, 4) is 0 Å². The molecular weight excluding hydrogens is 204 g/mol. The van der Waals surface area contributed by atoms with Gasteiger partial charge in [0.2, 0.25) is 0 Å². The summed E-state index contributed by atoms with van der Waals surface area (Å²) in [6, 6.07) is 0. The third-order valence-electron chi connectivity index (χ3n) is 1.50. The summed E-state index contributed by atoms with van der Waals surface area (Å²) >= 11 is 5.57. The predicted molar refractivity (Wildman–Crippen MR) is 55.1 cm³/mol. The van der Waals surface area contributed by atoms with Crippen LogP contribution in [0.25, 0.3) is 0 Å². The van der Waals surface area contributed by atoms with Crippen molar-refractivity contribution in [2.75, 3.05) is 6.61 Å². The molecule has 0 aliphatic rings. The van der Waals surface area contributed by atoms with Crippen molar-refractivity contribution in [1.82, 2.24) is 0 Å². The summed E-state index contributed by atoms with van der Waals surface area (Å²) in [6.07, 6.45) is 2.53. The van der Waals surface area contributed by atoms with Gasteiger partial charge in [-0.15, -0.1) is 0 Å². The molecule has 0 aromatic rings. The summed E-state index contributed by atoms with van der Waals surface area (Å²) in [7, 11) is 0. The minimum Gasteiger partial charge on any atom is -0.466 e. The summed E-state index contributed by atoms with van der Waals surface area (Å²) in [5.74, 6) is -0.568. The van der Waals surface area contributed by atoms with Crippen molar-refractivity contribution >= 4 is 23.4 Å². The van der Waals surface area contributed by atoms with Crippen LogP contribution in [0.5, 0.6) is 0 Å². The molecule has 0 unspecified atom stereocenters. The van der Waals surface area contributed by atoms with Gasteiger partial charge in [0.15, 0.2) is 0 Å². The third kappa shape index (κ3) is 7.80. The number of hydrogen-bond donors (Lipinski definition) is 0. The monoisotopic (exact) mass is 218 g/mol. The van der Waals surface area contributed by atoms with Gasteiger partial charge in [0.05, 0.1) is 6.61 Å². The molecule has 0 aromatic heterocycles. The molecular formula is C10H15ClO3. The van der Waals surface area contributed by atoms with Crippen LogP contribution in [-0.2, 0) is 14.3 Å². The molecule has 80 valence electrons. The first kappa shape index (κ1) is 13.2. The van der Waals surface area contributed by atoms with Crippen LogP contribution >= 0.6 is 11.6 Å². The van der Waals surface area contributed by atoms with E-state index in [1.54, 1.807) is 19.9 Å². The summed E-state index contributed by atoms with van der Waals surface area (Å²) in [4.78, 5) is 22.0. The summed E-state index contributed by atoms with van der Waals surface area (Å²) in [6.45, 7) is 3.77. The van der Waals surface area contributed by atoms with Gasteiger partial charge >= 0.3 is 5.97 Å². The SMILES string of the molecule is CCOC(=O)CC(=O)CCC=C(C)Cl. The Morgan fingerprint density at radius 2 is 2.07 bits per heavy atom. The molecule has 0 amide bonds. The molecule has 14 heavy (non-hydrogen) atoms. The fourth-order valence-electron chi connectivity index (χ4n) is 0.893. The van der Waals surface area contributed by atoms with Crippen molar-refractivity contribution in [1.29, 1.82) is 0 Å². The number of rotatable bonds is 6. The first-order valence-electron chi connectivity index (χ1n) is 4.55. The van der Waals surface area contributed by atoms with Crippen molar-refractivity contribution in [3.63, 3.8) is 0 Å². The Morgan fingerprint density at radius 3 is 2.57 bits per heavy atom. The van der Waals surface area contributed by atoms with Gasteiger partial charge in [-0.25, -0.2) is 0 Å². The van der Waals surface area contributed by atoms with E-state index >= 15 is 0 Å². The Morgan fingerprint density at radius 1 is 1.43 bits per heavy atom. The molecule has 3 nitrogen and oxygen atoms in total. The Bertz CT molecular complexity index is 230. The number of halogens is 1. The lowest BCUT2D eigenvalue weighted by molar-refractivity contribution is -0.145. The molecule has 0 saturated heterocycles. The molecule has 0 aromatic carbocycles. The second kappa shape index (κ2) is 7.56. The van der Waals surface area contributed by atoms with Crippen LogP contribution in [0.15, 0.2) is 11.1 Å². The molecule has 0 rings (SSSR count). The number of hydrogen-bond acceptors (Lipinski definition) is 3. The highest BCUT2D eigenvalue weighted by molar-refractivity contribution is 6.29. The molecule has 0 radical (unpaired) electrons. The fraction of sp³-hybridized carbons (Fsp3) is 0.600. The average Bonchev–Trinajstić information content (AvgIpc) is 2.03. The van der Waals surface area contributed by atoms with Crippen LogP contribution in [0.4, 0.5) is 0 Å². The highest BCUT2D eigenvalue weighted by Gasteiger charge is 2.08. The molecule has 0 aliphatic heterocycles. The lowest BCUT2D eigenvalue weighted by atomic mass is 10.1. The molecule has 0 fully saturated rings. The predicted octanol–water partition coefficient (Wildman–Crippen LogP) is 2.43. The fourth-order valence-corrected chi connectivity index (χ4v) is 1.00. The minimum atomic E-state index is -0.455. The van der Waals surface area contributed by atoms with Gasteiger partial charge in [0.1, 0.15) is 12.2 Å². The number of esters is 1. The zero-order chi connectivity index (χ0) is 11.0. The molecule has 0 spiro atoms. The normalized spacial score (nSPS) is 11.2. The van der Waals surface area contributed by atoms with E-state index in [0.29, 0.717) is 24.5 Å². The average molecular weight is 219 g/mol. The van der Waals surface area contributed by atoms with Gasteiger partial charge in [-0.3, -0.25) is 9.59 Å². The van der Waals surface area contributed by atoms with E-state index in [1.165, 1.54) is 0 Å². The van der Waals surface area contributed by atoms with E-state index in [4.69, 9.17) is 11.6 Å². The number of ketones is 1. The Labute approximate surface area is 89.1 Å². The largest absolute Gasteiger partial charge is 0.466 e. The van der Waals surface area contributed by atoms with Crippen molar-refractivity contribution < 1.29 is 14.3 Å². The van der Waals surface area contributed by atoms with Gasteiger partial charge in [-0.1, -0.05) is 17.7 Å². The van der Waals surface area contributed by atoms with E-state index in [9.17, 15) is 9.59 Å². The number of carbonyl (C=O) groups is 2. The second-order valence-electron chi connectivity index (χ2n) is 2.85. The van der Waals surface area contributed by atoms with Gasteiger partial charge in [0, 0.05) is 11.5 Å². The number of allylic oxidation sites excluding steroid dienone is 2. The number of ether oxygens (including phenoxy) is 1. The van der Waals surface area contributed by atoms with Crippen LogP contribution in [0.3, 0.4) is 0 Å². The number of carbonyl (C=O) groups excluding carboxylic acids is 2. The smallest absolute Gasteiger partial charge is 0.313 e. The maximum Gasteiger partial charge on any atom is 0.313 e. The van der Waals surface area contributed by atoms with E-state index in [-0.39, 0.29) is 12.2 Å². The highest BCUT2D eigenvalue weighted by Crippen LogP contribution is 2.04. The van der Waals surface area contributed by atoms with E-state index in [1.807, 2.05) is 0 Å². The summed E-state index contributed by atoms with van der Waals surface area (Å²) in [5.41, 5.74) is 0. The molecule has 0 aliphatic carbocycles. The Hall–Kier alpha value is -0.830. The van der Waals surface area contributed by atoms with E-state index < -0.39 is 5.97 Å². The lowest BCUT2D eigenvalue weighted by Crippen LogP contribution is -2.10. The molecule has 0 N–H and O–H groups in total. The summed E-state index contributed by atoms with van der Waals surface area (Å²) in [5, 5.41) is 0.661. The topological polar surface area (TPSA) is 43.4 Å². The van der Waals surface area contributed by atoms with Crippen LogP contribution in [-0.4, -0.2) is 18.4 Å². The minimum absolute atomic E-state index is 0.113. The van der Waals surface area contributed by atoms with Gasteiger partial charge in [-0.05, 0) is 20.3 Å². The molecule has 0 saturated carbocycles. The van der Waals surface area contributed by atoms with Gasteiger partial charge < -0.3 is 4.74 Å². The first-order chi connectivity index (χ1) is 6.56. The van der Waals surface area contributed by atoms with E-state index in [2.05, 4.69) is 4.74 Å². The van der Waals surface area contributed by atoms with Crippen molar-refractivity contribution in [2.24, 2.45) is 0 Å². The van der Waals surface area contributed by atoms with Crippen LogP contribution in [0.1, 0.15) is 33.1 Å². The Kier molecular flexibility index (Phi) is 7.11. The third-order valence-corrected chi connectivity index (χ3v) is 1.65. The van der Waals surface area contributed by atoms with Crippen LogP contribution in [0.2, 0.25) is 0 Å². The van der Waals surface area contributed by atoms with Crippen LogP contribution in [0, 0.1) is 0 Å². The molecule has 0 bridgehead atoms. The van der Waals surface area contributed by atoms with Crippen molar-refractivity contribution in [2.45, 2.75) is 33.1 Å². The molecule has 4 heteroatoms. The lowest BCUT2D eigenvalue weighted by Gasteiger charge is -1.99. The van der Waals surface area contributed by atoms with Gasteiger partial charge in [-0.2, -0.15) is 0 Å². The van der Waals surface area contributed by atoms with Crippen LogP contribution < -0.4 is 0 Å². The highest BCUT2D eigenvalue weighted by atomic mass is 35.5. The zero-order valence-corrected chi connectivity index (χ0v) is 9.26. The van der Waals surface area contributed by atoms with E-state index in [0.717, 1.165) is 0 Å². The first-order valence-corrected chi connectivity index (χ1v) is 4.93. The summed E-state index contributed by atoms with van der Waals surface area (Å²) < 4.78 is 4.64. The maximum atomic E-state index is 11.1. The maximum absolute atomic E-state index is 11.1. The second-order valence-corrected chi connectivity index (χ2v) is 3.45. The zero-order valence-electron chi connectivity index (χ0n) is 8.51. The standard InChI is InChI=1S/C10H15ClO3/c1-3-14-10(13)7-9(12)6-4-5-8(2)11/h5H,3-4,6-7H2,1-2H3. The quantitative estimate of drug-likeness (QED) is 0.508. The van der Waals surface area contributed by atoms with Gasteiger partial charge in [0.25, 0.3) is 0 Å². The number of Topliss-reactive ketones (excluding diaryl/α,β-unsaturated/α-hetero) is 1. The Balaban J connectivity index is 3.66.